The molecule has 0 aromatic heterocycles. The summed E-state index contributed by atoms with van der Waals surface area (Å²) in [6, 6.07) is 0. The first-order valence-corrected chi connectivity index (χ1v) is 0.878. The molecule has 0 fully saturated rings. The Morgan fingerprint density at radius 1 is 1.40 bits per heavy atom. The van der Waals surface area contributed by atoms with Gasteiger partial charge >= 0.3 is 26.9 Å². The minimum atomic E-state index is -0.0694. The van der Waals surface area contributed by atoms with Crippen molar-refractivity contribution in [1.82, 2.24) is 0 Å². The quantitative estimate of drug-likeness (QED) is 0.224. The second kappa shape index (κ2) is 75.7. The molecule has 7 heteroatoms. The van der Waals surface area contributed by atoms with Gasteiger partial charge in [0.1, 0.15) is 0 Å². The molecule has 0 aliphatic heterocycles. The maximum Gasteiger partial charge on any atom is 2.00 e. The molecule has 0 unspecified atom stereocenters. The van der Waals surface area contributed by atoms with Crippen LogP contribution in [0.25, 0.3) is 0 Å². The smallest absolute Gasteiger partial charge is 0.512 e. The third-order valence-electron chi connectivity index (χ3n) is 0.0430. The first-order valence-electron chi connectivity index (χ1n) is 0.878. The van der Waals surface area contributed by atoms with E-state index < -0.39 is 0 Å². The number of carbonyl (C=O) groups excluding carboxylic acids is 1. The van der Waals surface area contributed by atoms with Gasteiger partial charge in [0.05, 0.1) is 0 Å². The Balaban J connectivity index is -0.00000000625. The van der Waals surface area contributed by atoms with Crippen LogP contribution in [-0.2, 0) is 30.1 Å². The first kappa shape index (κ1) is 41.6. The van der Waals surface area contributed by atoms with Gasteiger partial charge in [-0.1, -0.05) is 0 Å². The summed E-state index contributed by atoms with van der Waals surface area (Å²) in [6.45, 7) is 4.68. The fraction of sp³-hybridized carbons (Fsp3) is 0. The van der Waals surface area contributed by atoms with Gasteiger partial charge in [-0.15, -0.1) is 0 Å². The molecule has 0 aliphatic rings. The molecule has 0 spiro atoms. The normalized spacial score (nSPS) is 2.30. The van der Waals surface area contributed by atoms with E-state index in [4.69, 9.17) is 21.9 Å². The molecule has 1 N–H and O–H groups in total. The Bertz CT molecular complexity index is 54.3. The first-order chi connectivity index (χ1) is 2.91. The van der Waals surface area contributed by atoms with Crippen molar-refractivity contribution in [3.05, 3.63) is 14.0 Å². The van der Waals surface area contributed by atoms with E-state index in [2.05, 4.69) is 4.89 Å². The van der Waals surface area contributed by atoms with Crippen molar-refractivity contribution < 1.29 is 35.4 Å². The van der Waals surface area contributed by atoms with Crippen molar-refractivity contribution >= 4 is 65.6 Å². The molecule has 0 heterocycles. The number of rotatable bonds is 1. The van der Waals surface area contributed by atoms with E-state index in [0.29, 0.717) is 0 Å². The van der Waals surface area contributed by atoms with E-state index in [-0.39, 0.29) is 93.4 Å². The van der Waals surface area contributed by atoms with E-state index in [1.165, 1.54) is 0 Å². The van der Waals surface area contributed by atoms with Crippen molar-refractivity contribution in [1.29, 1.82) is 5.26 Å². The van der Waals surface area contributed by atoms with Gasteiger partial charge in [0, 0.05) is 59.1 Å². The van der Waals surface area contributed by atoms with E-state index in [9.17, 15) is 0 Å². The minimum absolute atomic E-state index is 0. The molecule has 0 aliphatic carbocycles. The van der Waals surface area contributed by atoms with Crippen LogP contribution in [0.4, 0.5) is 0 Å². The fourth-order valence-corrected chi connectivity index (χ4v) is 0. The van der Waals surface area contributed by atoms with Crippen LogP contribution in [0, 0.1) is 19.3 Å². The number of hydrogen-bond donors (Lipinski definition) is 1. The Labute approximate surface area is 118 Å². The summed E-state index contributed by atoms with van der Waals surface area (Å²) in [6.07, 6.45) is 0. The molecule has 0 aromatic carbocycles. The van der Waals surface area contributed by atoms with Gasteiger partial charge in [0.25, 0.3) is 0 Å². The maximum atomic E-state index is 8.70. The van der Waals surface area contributed by atoms with Crippen LogP contribution >= 0.6 is 0 Å². The van der Waals surface area contributed by atoms with Gasteiger partial charge in [-0.05, 0) is 0 Å². The van der Waals surface area contributed by atoms with Crippen molar-refractivity contribution in [3.8, 4) is 0 Å². The number of hydrogen-bond acceptors (Lipinski definition) is 4. The molecule has 0 amide bonds. The molecule has 0 atom stereocenters. The van der Waals surface area contributed by atoms with Crippen molar-refractivity contribution in [3.63, 3.8) is 0 Å². The molecule has 2 radical (unpaired) electrons. The molecule has 10 heavy (non-hydrogen) atoms. The van der Waals surface area contributed by atoms with Crippen LogP contribution < -0.4 is 0 Å². The Hall–Kier alpha value is 1.58. The van der Waals surface area contributed by atoms with Gasteiger partial charge < -0.3 is 24.1 Å². The SMILES string of the molecule is O=COO.[C-]#N.[CH3-].[Na].[Na].[Pd+2]. The Morgan fingerprint density at radius 3 is 1.50 bits per heavy atom. The molecule has 0 saturated heterocycles. The zero-order valence-corrected chi connectivity index (χ0v) is 11.7. The molecular formula is C3H5NNa2O3Pd. The van der Waals surface area contributed by atoms with Gasteiger partial charge in [-0.25, -0.2) is 5.26 Å². The average molecular weight is 255 g/mol. The van der Waals surface area contributed by atoms with Crippen molar-refractivity contribution in [2.75, 3.05) is 0 Å². The second-order valence-corrected chi connectivity index (χ2v) is 0.202. The van der Waals surface area contributed by atoms with Crippen LogP contribution in [0.2, 0.25) is 0 Å². The number of carbonyl (C=O) groups is 1. The summed E-state index contributed by atoms with van der Waals surface area (Å²) in [5.41, 5.74) is 0. The second-order valence-electron chi connectivity index (χ2n) is 0.202. The minimum Gasteiger partial charge on any atom is -0.512 e. The van der Waals surface area contributed by atoms with Crippen molar-refractivity contribution in [2.24, 2.45) is 0 Å². The Morgan fingerprint density at radius 2 is 1.50 bits per heavy atom. The van der Waals surface area contributed by atoms with E-state index in [1.54, 1.807) is 0 Å². The van der Waals surface area contributed by atoms with Gasteiger partial charge in [-0.3, -0.25) is 4.79 Å². The van der Waals surface area contributed by atoms with Crippen LogP contribution in [0.15, 0.2) is 0 Å². The summed E-state index contributed by atoms with van der Waals surface area (Å²) >= 11 is 0. The van der Waals surface area contributed by atoms with Gasteiger partial charge in [0.15, 0.2) is 0 Å². The van der Waals surface area contributed by atoms with Crippen LogP contribution in [0.5, 0.6) is 0 Å². The van der Waals surface area contributed by atoms with Crippen molar-refractivity contribution in [2.45, 2.75) is 0 Å². The van der Waals surface area contributed by atoms with Gasteiger partial charge in [-0.2, -0.15) is 0 Å². The van der Waals surface area contributed by atoms with E-state index in [1.807, 2.05) is 0 Å². The summed E-state index contributed by atoms with van der Waals surface area (Å²) in [5.74, 6) is 0. The summed E-state index contributed by atoms with van der Waals surface area (Å²) in [4.78, 5) is 11.6. The predicted octanol–water partition coefficient (Wildman–Crippen LogP) is -0.585. The van der Waals surface area contributed by atoms with Crippen LogP contribution in [-0.4, -0.2) is 70.8 Å². The molecule has 0 rings (SSSR count). The zero-order valence-electron chi connectivity index (χ0n) is 6.10. The topological polar surface area (TPSA) is 70.3 Å². The largest absolute Gasteiger partial charge is 2.00 e. The number of nitrogens with zero attached hydrogens (tertiary/aromatic N) is 1. The molecular weight excluding hydrogens is 250 g/mol. The molecule has 0 aromatic rings. The van der Waals surface area contributed by atoms with E-state index in [0.717, 1.165) is 0 Å². The summed E-state index contributed by atoms with van der Waals surface area (Å²) in [5, 5.41) is 13.3. The van der Waals surface area contributed by atoms with E-state index >= 15 is 0 Å². The standard InChI is InChI=1S/CN.CH2O3.CH3.2Na.Pd/c1-2;2-1-4-3;;;;/h;1,3H;1H3;;;/q-1;;-1;;;+2. The molecule has 0 bridgehead atoms. The maximum absolute atomic E-state index is 8.70. The molecule has 0 saturated carbocycles. The monoisotopic (exact) mass is 255 g/mol. The van der Waals surface area contributed by atoms with Crippen LogP contribution in [0.3, 0.4) is 0 Å². The predicted molar refractivity (Wildman–Crippen MR) is 32.7 cm³/mol. The molecule has 4 nitrogen and oxygen atoms in total. The summed E-state index contributed by atoms with van der Waals surface area (Å²) in [7, 11) is 0. The molecule has 52 valence electrons. The third-order valence-corrected chi connectivity index (χ3v) is 0.0430. The summed E-state index contributed by atoms with van der Waals surface area (Å²) < 4.78 is 0. The fourth-order valence-electron chi connectivity index (χ4n) is 0. The van der Waals surface area contributed by atoms with Gasteiger partial charge in [0.2, 0.25) is 0 Å². The Kier molecular flexibility index (Phi) is 315. The zero-order chi connectivity index (χ0) is 5.41. The average Bonchev–Trinajstić information content (AvgIpc) is 1.72. The van der Waals surface area contributed by atoms with Crippen LogP contribution in [0.1, 0.15) is 0 Å². The third kappa shape index (κ3) is 106.